The fraction of sp³-hybridized carbons (Fsp3) is 0.650. The summed E-state index contributed by atoms with van der Waals surface area (Å²) in [7, 11) is 6.26. The normalized spacial score (nSPS) is 29.2. The summed E-state index contributed by atoms with van der Waals surface area (Å²) in [6.45, 7) is 0. The molecular formula is C20H28BrF2NO3. The summed E-state index contributed by atoms with van der Waals surface area (Å²) in [5.41, 5.74) is -1.70. The first-order valence-electron chi connectivity index (χ1n) is 9.20. The number of halogens is 3. The molecule has 1 aromatic rings. The number of nitrogens with zero attached hydrogens (tertiary/aromatic N) is 1. The number of ether oxygens (including phenoxy) is 1. The van der Waals surface area contributed by atoms with Crippen LogP contribution in [-0.2, 0) is 15.1 Å². The van der Waals surface area contributed by atoms with Crippen molar-refractivity contribution in [3.05, 3.63) is 35.9 Å². The summed E-state index contributed by atoms with van der Waals surface area (Å²) in [4.78, 5) is 12.9. The fourth-order valence-corrected chi connectivity index (χ4v) is 4.03. The van der Waals surface area contributed by atoms with Gasteiger partial charge in [0.25, 0.3) is 0 Å². The lowest BCUT2D eigenvalue weighted by Gasteiger charge is -2.44. The number of hydrogen-bond acceptors (Lipinski definition) is 3. The summed E-state index contributed by atoms with van der Waals surface area (Å²) in [6, 6.07) is 8.75. The quantitative estimate of drug-likeness (QED) is 0.514. The van der Waals surface area contributed by atoms with Crippen molar-refractivity contribution in [3.63, 3.8) is 0 Å². The molecule has 7 heteroatoms. The Bertz CT molecular complexity index is 659. The van der Waals surface area contributed by atoms with Gasteiger partial charge in [-0.3, -0.25) is 0 Å². The summed E-state index contributed by atoms with van der Waals surface area (Å²) >= 11 is 0. The first-order chi connectivity index (χ1) is 12.0. The van der Waals surface area contributed by atoms with Crippen molar-refractivity contribution < 1.29 is 44.9 Å². The molecule has 0 saturated heterocycles. The zero-order valence-corrected chi connectivity index (χ0v) is 17.6. The van der Waals surface area contributed by atoms with Gasteiger partial charge in [-0.15, -0.1) is 0 Å². The molecule has 2 fully saturated rings. The standard InChI is InChI=1S/C20H28F2NO3.BrH/c1-23(2,3)16-11-17(12-16)26-18(24)20(25,14-7-5-4-6-8-14)15-9-10-19(21,22)13-15;/h4-8,15-17,25H,9-13H2,1-3H3;1H/q+1;/p-1/t15-,16?,17?,20+;/m1./s1. The van der Waals surface area contributed by atoms with Crippen molar-refractivity contribution in [1.82, 2.24) is 0 Å². The number of hydrogen-bond donors (Lipinski definition) is 1. The molecule has 152 valence electrons. The highest BCUT2D eigenvalue weighted by Gasteiger charge is 2.55. The minimum Gasteiger partial charge on any atom is -1.00 e. The Labute approximate surface area is 169 Å². The highest BCUT2D eigenvalue weighted by Crippen LogP contribution is 2.48. The van der Waals surface area contributed by atoms with Crippen LogP contribution >= 0.6 is 0 Å². The largest absolute Gasteiger partial charge is 1.00 e. The average molecular weight is 448 g/mol. The maximum absolute atomic E-state index is 13.8. The number of rotatable bonds is 5. The third-order valence-corrected chi connectivity index (χ3v) is 5.96. The second-order valence-corrected chi connectivity index (χ2v) is 8.70. The summed E-state index contributed by atoms with van der Waals surface area (Å²) in [5.74, 6) is -4.49. The van der Waals surface area contributed by atoms with Gasteiger partial charge in [-0.2, -0.15) is 0 Å². The molecule has 0 aromatic heterocycles. The zero-order chi connectivity index (χ0) is 19.2. The van der Waals surface area contributed by atoms with E-state index in [0.29, 0.717) is 11.6 Å². The first-order valence-corrected chi connectivity index (χ1v) is 9.20. The van der Waals surface area contributed by atoms with E-state index < -0.39 is 29.8 Å². The van der Waals surface area contributed by atoms with Crippen LogP contribution in [0.2, 0.25) is 0 Å². The maximum atomic E-state index is 13.8. The summed E-state index contributed by atoms with van der Waals surface area (Å²) in [5, 5.41) is 11.3. The van der Waals surface area contributed by atoms with Crippen molar-refractivity contribution in [2.45, 2.75) is 55.8 Å². The predicted octanol–water partition coefficient (Wildman–Crippen LogP) is 0.0940. The van der Waals surface area contributed by atoms with Crippen LogP contribution in [0.25, 0.3) is 0 Å². The number of alkyl halides is 2. The van der Waals surface area contributed by atoms with E-state index in [1.54, 1.807) is 30.3 Å². The zero-order valence-electron chi connectivity index (χ0n) is 16.0. The van der Waals surface area contributed by atoms with Gasteiger partial charge in [0.1, 0.15) is 6.10 Å². The third kappa shape index (κ3) is 4.51. The molecule has 4 nitrogen and oxygen atoms in total. The van der Waals surface area contributed by atoms with Gasteiger partial charge in [0.15, 0.2) is 5.60 Å². The van der Waals surface area contributed by atoms with Crippen molar-refractivity contribution in [2.75, 3.05) is 21.1 Å². The van der Waals surface area contributed by atoms with Crippen LogP contribution in [0, 0.1) is 5.92 Å². The highest BCUT2D eigenvalue weighted by atomic mass is 79.9. The minimum absolute atomic E-state index is 0. The van der Waals surface area contributed by atoms with Crippen molar-refractivity contribution in [1.29, 1.82) is 0 Å². The van der Waals surface area contributed by atoms with E-state index in [4.69, 9.17) is 4.74 Å². The van der Waals surface area contributed by atoms with E-state index in [-0.39, 0.29) is 35.9 Å². The molecule has 2 saturated carbocycles. The van der Waals surface area contributed by atoms with Crippen LogP contribution in [-0.4, -0.2) is 54.8 Å². The Morgan fingerprint density at radius 1 is 1.22 bits per heavy atom. The molecule has 0 radical (unpaired) electrons. The average Bonchev–Trinajstić information content (AvgIpc) is 2.89. The van der Waals surface area contributed by atoms with Crippen LogP contribution in [0.5, 0.6) is 0 Å². The lowest BCUT2D eigenvalue weighted by Crippen LogP contribution is -3.00. The molecule has 1 aromatic carbocycles. The van der Waals surface area contributed by atoms with Crippen molar-refractivity contribution in [3.8, 4) is 0 Å². The Kier molecular flexibility index (Phi) is 6.39. The molecule has 3 rings (SSSR count). The minimum atomic E-state index is -2.85. The topological polar surface area (TPSA) is 46.5 Å². The second kappa shape index (κ2) is 7.76. The Balaban J connectivity index is 0.00000261. The van der Waals surface area contributed by atoms with Gasteiger partial charge in [-0.25, -0.2) is 13.6 Å². The van der Waals surface area contributed by atoms with Gasteiger partial charge in [0, 0.05) is 31.6 Å². The molecule has 2 atom stereocenters. The van der Waals surface area contributed by atoms with E-state index in [2.05, 4.69) is 21.1 Å². The molecule has 0 unspecified atom stereocenters. The number of carbonyl (C=O) groups is 1. The van der Waals surface area contributed by atoms with Crippen LogP contribution in [0.1, 0.15) is 37.7 Å². The van der Waals surface area contributed by atoms with Gasteiger partial charge in [-0.05, 0) is 12.0 Å². The molecule has 0 aliphatic heterocycles. The van der Waals surface area contributed by atoms with E-state index >= 15 is 0 Å². The third-order valence-electron chi connectivity index (χ3n) is 5.96. The number of carbonyl (C=O) groups excluding carboxylic acids is 1. The predicted molar refractivity (Wildman–Crippen MR) is 93.6 cm³/mol. The molecule has 0 bridgehead atoms. The Morgan fingerprint density at radius 3 is 2.30 bits per heavy atom. The molecule has 2 aliphatic rings. The lowest BCUT2D eigenvalue weighted by atomic mass is 9.79. The smallest absolute Gasteiger partial charge is 0.343 e. The van der Waals surface area contributed by atoms with Crippen LogP contribution in [0.15, 0.2) is 30.3 Å². The fourth-order valence-electron chi connectivity index (χ4n) is 4.03. The highest BCUT2D eigenvalue weighted by molar-refractivity contribution is 5.82. The molecular weight excluding hydrogens is 420 g/mol. The number of aliphatic hydroxyl groups is 1. The van der Waals surface area contributed by atoms with E-state index in [1.807, 2.05) is 0 Å². The maximum Gasteiger partial charge on any atom is 0.343 e. The Morgan fingerprint density at radius 2 is 1.81 bits per heavy atom. The number of quaternary nitrogens is 1. The van der Waals surface area contributed by atoms with Crippen LogP contribution in [0.3, 0.4) is 0 Å². The van der Waals surface area contributed by atoms with Gasteiger partial charge in [0.05, 0.1) is 27.2 Å². The molecule has 0 spiro atoms. The van der Waals surface area contributed by atoms with Gasteiger partial charge < -0.3 is 31.3 Å². The lowest BCUT2D eigenvalue weighted by molar-refractivity contribution is -0.903. The van der Waals surface area contributed by atoms with E-state index in [9.17, 15) is 18.7 Å². The first kappa shape index (κ1) is 22.2. The van der Waals surface area contributed by atoms with Gasteiger partial charge >= 0.3 is 5.97 Å². The molecule has 1 N–H and O–H groups in total. The van der Waals surface area contributed by atoms with E-state index in [1.165, 1.54) is 0 Å². The molecule has 27 heavy (non-hydrogen) atoms. The van der Waals surface area contributed by atoms with Crippen molar-refractivity contribution in [2.24, 2.45) is 5.92 Å². The molecule has 0 amide bonds. The summed E-state index contributed by atoms with van der Waals surface area (Å²) < 4.78 is 33.9. The monoisotopic (exact) mass is 447 g/mol. The number of esters is 1. The second-order valence-electron chi connectivity index (χ2n) is 8.70. The number of benzene rings is 1. The Hall–Kier alpha value is -1.05. The van der Waals surface area contributed by atoms with Crippen LogP contribution in [0.4, 0.5) is 8.78 Å². The van der Waals surface area contributed by atoms with Crippen molar-refractivity contribution >= 4 is 5.97 Å². The molecule has 2 aliphatic carbocycles. The molecule has 0 heterocycles. The van der Waals surface area contributed by atoms with Gasteiger partial charge in [-0.1, -0.05) is 30.3 Å². The van der Waals surface area contributed by atoms with E-state index in [0.717, 1.165) is 17.3 Å². The van der Waals surface area contributed by atoms with Gasteiger partial charge in [0.2, 0.25) is 5.92 Å². The SMILES string of the molecule is C[N+](C)(C)C1CC(OC(=O)[C@](O)(c2ccccc2)[C@@H]2CCC(F)(F)C2)C1.[Br-]. The van der Waals surface area contributed by atoms with Crippen LogP contribution < -0.4 is 17.0 Å². The summed E-state index contributed by atoms with van der Waals surface area (Å²) in [6.07, 6.45) is 0.468.